The summed E-state index contributed by atoms with van der Waals surface area (Å²) in [7, 11) is 1.63. The molecule has 0 aliphatic heterocycles. The van der Waals surface area contributed by atoms with Crippen molar-refractivity contribution in [2.75, 3.05) is 7.11 Å². The molecule has 0 amide bonds. The Balaban J connectivity index is 2.17. The number of furan rings is 1. The molecule has 1 N–H and O–H groups in total. The summed E-state index contributed by atoms with van der Waals surface area (Å²) in [5, 5.41) is 10.3. The highest BCUT2D eigenvalue weighted by atomic mass is 79.9. The molecule has 1 heterocycles. The Hall–Kier alpha value is -1.26. The van der Waals surface area contributed by atoms with Crippen molar-refractivity contribution in [1.82, 2.24) is 0 Å². The van der Waals surface area contributed by atoms with Gasteiger partial charge in [-0.3, -0.25) is 0 Å². The van der Waals surface area contributed by atoms with E-state index >= 15 is 0 Å². The van der Waals surface area contributed by atoms with Gasteiger partial charge in [0.25, 0.3) is 0 Å². The topological polar surface area (TPSA) is 42.6 Å². The Morgan fingerprint density at radius 1 is 1.32 bits per heavy atom. The van der Waals surface area contributed by atoms with Gasteiger partial charge in [-0.05, 0) is 53.5 Å². The first-order valence-corrected chi connectivity index (χ1v) is 6.88. The first kappa shape index (κ1) is 14.2. The number of aliphatic hydroxyl groups is 1. The van der Waals surface area contributed by atoms with Gasteiger partial charge in [-0.2, -0.15) is 0 Å². The number of aliphatic hydroxyl groups excluding tert-OH is 1. The summed E-state index contributed by atoms with van der Waals surface area (Å²) in [6, 6.07) is 7.69. The van der Waals surface area contributed by atoms with Crippen LogP contribution in [0.2, 0.25) is 0 Å². The number of hydrogen-bond acceptors (Lipinski definition) is 3. The SMILES string of the molecule is COc1ccc(CC(O)c2cc(C)oc2C)cc1Br. The Labute approximate surface area is 121 Å². The van der Waals surface area contributed by atoms with Gasteiger partial charge in [0.2, 0.25) is 0 Å². The van der Waals surface area contributed by atoms with Gasteiger partial charge < -0.3 is 14.3 Å². The van der Waals surface area contributed by atoms with Crippen molar-refractivity contribution in [2.45, 2.75) is 26.4 Å². The quantitative estimate of drug-likeness (QED) is 0.926. The van der Waals surface area contributed by atoms with E-state index < -0.39 is 6.10 Å². The number of ether oxygens (including phenoxy) is 1. The number of methoxy groups -OCH3 is 1. The van der Waals surface area contributed by atoms with Crippen molar-refractivity contribution in [3.05, 3.63) is 51.4 Å². The highest BCUT2D eigenvalue weighted by molar-refractivity contribution is 9.10. The van der Waals surface area contributed by atoms with Crippen LogP contribution in [-0.4, -0.2) is 12.2 Å². The van der Waals surface area contributed by atoms with Gasteiger partial charge in [-0.15, -0.1) is 0 Å². The molecule has 1 aromatic carbocycles. The molecule has 2 aromatic rings. The smallest absolute Gasteiger partial charge is 0.133 e. The number of halogens is 1. The highest BCUT2D eigenvalue weighted by Gasteiger charge is 2.15. The second-order valence-electron chi connectivity index (χ2n) is 4.56. The van der Waals surface area contributed by atoms with Gasteiger partial charge in [-0.25, -0.2) is 0 Å². The molecule has 0 bridgehead atoms. The van der Waals surface area contributed by atoms with E-state index in [1.54, 1.807) is 7.11 Å². The predicted molar refractivity (Wildman–Crippen MR) is 77.5 cm³/mol. The summed E-state index contributed by atoms with van der Waals surface area (Å²) in [5.41, 5.74) is 1.89. The second-order valence-corrected chi connectivity index (χ2v) is 5.41. The van der Waals surface area contributed by atoms with Gasteiger partial charge >= 0.3 is 0 Å². The third kappa shape index (κ3) is 3.19. The molecule has 102 valence electrons. The van der Waals surface area contributed by atoms with Crippen LogP contribution in [0.25, 0.3) is 0 Å². The maximum absolute atomic E-state index is 10.3. The van der Waals surface area contributed by atoms with Crippen LogP contribution in [0.15, 0.2) is 33.2 Å². The molecule has 0 aliphatic carbocycles. The lowest BCUT2D eigenvalue weighted by Crippen LogP contribution is -2.02. The third-order valence-electron chi connectivity index (χ3n) is 3.08. The minimum atomic E-state index is -0.558. The van der Waals surface area contributed by atoms with Crippen molar-refractivity contribution >= 4 is 15.9 Å². The molecular formula is C15H17BrO3. The average molecular weight is 325 g/mol. The van der Waals surface area contributed by atoms with Crippen LogP contribution < -0.4 is 4.74 Å². The van der Waals surface area contributed by atoms with E-state index in [9.17, 15) is 5.11 Å². The summed E-state index contributed by atoms with van der Waals surface area (Å²) in [6.45, 7) is 3.75. The van der Waals surface area contributed by atoms with Crippen LogP contribution >= 0.6 is 15.9 Å². The number of aryl methyl sites for hydroxylation is 2. The van der Waals surface area contributed by atoms with Crippen molar-refractivity contribution < 1.29 is 14.3 Å². The molecule has 0 fully saturated rings. The average Bonchev–Trinajstić information content (AvgIpc) is 2.69. The zero-order chi connectivity index (χ0) is 14.0. The summed E-state index contributed by atoms with van der Waals surface area (Å²) in [4.78, 5) is 0. The van der Waals surface area contributed by atoms with Crippen LogP contribution in [0, 0.1) is 13.8 Å². The van der Waals surface area contributed by atoms with Gasteiger partial charge in [0, 0.05) is 12.0 Å². The fraction of sp³-hybridized carbons (Fsp3) is 0.333. The van der Waals surface area contributed by atoms with Gasteiger partial charge in [0.05, 0.1) is 17.7 Å². The molecule has 0 spiro atoms. The maximum atomic E-state index is 10.3. The molecule has 0 aliphatic rings. The second kappa shape index (κ2) is 5.80. The van der Waals surface area contributed by atoms with E-state index in [1.807, 2.05) is 38.1 Å². The molecular weight excluding hydrogens is 308 g/mol. The molecule has 1 aromatic heterocycles. The highest BCUT2D eigenvalue weighted by Crippen LogP contribution is 2.29. The molecule has 4 heteroatoms. The lowest BCUT2D eigenvalue weighted by molar-refractivity contribution is 0.176. The van der Waals surface area contributed by atoms with Crippen LogP contribution in [-0.2, 0) is 6.42 Å². The van der Waals surface area contributed by atoms with Crippen molar-refractivity contribution in [3.8, 4) is 5.75 Å². The molecule has 0 radical (unpaired) electrons. The van der Waals surface area contributed by atoms with E-state index in [0.29, 0.717) is 6.42 Å². The van der Waals surface area contributed by atoms with Gasteiger partial charge in [-0.1, -0.05) is 6.07 Å². The van der Waals surface area contributed by atoms with Crippen molar-refractivity contribution in [3.63, 3.8) is 0 Å². The van der Waals surface area contributed by atoms with E-state index in [0.717, 1.165) is 32.9 Å². The number of benzene rings is 1. The predicted octanol–water partition coefficient (Wildman–Crippen LogP) is 3.94. The Morgan fingerprint density at radius 2 is 2.05 bits per heavy atom. The Bertz CT molecular complexity index is 575. The Kier molecular flexibility index (Phi) is 4.32. The zero-order valence-corrected chi connectivity index (χ0v) is 12.8. The van der Waals surface area contributed by atoms with Crippen LogP contribution in [0.1, 0.15) is 28.8 Å². The van der Waals surface area contributed by atoms with E-state index in [-0.39, 0.29) is 0 Å². The summed E-state index contributed by atoms with van der Waals surface area (Å²) < 4.78 is 11.5. The largest absolute Gasteiger partial charge is 0.496 e. The number of hydrogen-bond donors (Lipinski definition) is 1. The van der Waals surface area contributed by atoms with Gasteiger partial charge in [0.1, 0.15) is 17.3 Å². The molecule has 3 nitrogen and oxygen atoms in total. The van der Waals surface area contributed by atoms with Crippen molar-refractivity contribution in [2.24, 2.45) is 0 Å². The first-order valence-electron chi connectivity index (χ1n) is 6.08. The zero-order valence-electron chi connectivity index (χ0n) is 11.2. The molecule has 19 heavy (non-hydrogen) atoms. The molecule has 1 atom stereocenters. The normalized spacial score (nSPS) is 12.5. The van der Waals surface area contributed by atoms with E-state index in [1.165, 1.54) is 0 Å². The van der Waals surface area contributed by atoms with Gasteiger partial charge in [0.15, 0.2) is 0 Å². The van der Waals surface area contributed by atoms with Crippen LogP contribution in [0.5, 0.6) is 5.75 Å². The summed E-state index contributed by atoms with van der Waals surface area (Å²) >= 11 is 3.45. The maximum Gasteiger partial charge on any atom is 0.133 e. The monoisotopic (exact) mass is 324 g/mol. The lowest BCUT2D eigenvalue weighted by Gasteiger charge is -2.11. The molecule has 2 rings (SSSR count). The minimum Gasteiger partial charge on any atom is -0.496 e. The fourth-order valence-corrected chi connectivity index (χ4v) is 2.74. The first-order chi connectivity index (χ1) is 9.01. The summed E-state index contributed by atoms with van der Waals surface area (Å²) in [6.07, 6.45) is -0.0136. The Morgan fingerprint density at radius 3 is 2.58 bits per heavy atom. The number of rotatable bonds is 4. The fourth-order valence-electron chi connectivity index (χ4n) is 2.15. The van der Waals surface area contributed by atoms with Crippen molar-refractivity contribution in [1.29, 1.82) is 0 Å². The third-order valence-corrected chi connectivity index (χ3v) is 3.70. The van der Waals surface area contributed by atoms with E-state index in [4.69, 9.17) is 9.15 Å². The minimum absolute atomic E-state index is 0.544. The van der Waals surface area contributed by atoms with E-state index in [2.05, 4.69) is 15.9 Å². The lowest BCUT2D eigenvalue weighted by atomic mass is 10.0. The summed E-state index contributed by atoms with van der Waals surface area (Å²) in [5.74, 6) is 2.38. The molecule has 0 saturated carbocycles. The standard InChI is InChI=1S/C15H17BrO3/c1-9-6-12(10(2)19-9)14(17)8-11-4-5-15(18-3)13(16)7-11/h4-7,14,17H,8H2,1-3H3. The molecule has 1 unspecified atom stereocenters. The molecule has 0 saturated heterocycles. The van der Waals surface area contributed by atoms with Crippen LogP contribution in [0.3, 0.4) is 0 Å². The van der Waals surface area contributed by atoms with Crippen LogP contribution in [0.4, 0.5) is 0 Å².